The van der Waals surface area contributed by atoms with Crippen LogP contribution in [0.4, 0.5) is 0 Å². The number of carbonyl (C=O) groups is 2. The number of aliphatic carboxylic acids is 1. The molecule has 0 aliphatic heterocycles. The summed E-state index contributed by atoms with van der Waals surface area (Å²) in [5, 5.41) is 9.37. The van der Waals surface area contributed by atoms with Crippen molar-refractivity contribution in [1.29, 1.82) is 0 Å². The molecule has 1 rings (SSSR count). The molecule has 0 spiro atoms. The molecule has 1 aliphatic carbocycles. The number of hydrogen-bond acceptors (Lipinski definition) is 3. The average Bonchev–Trinajstić information content (AvgIpc) is 2.27. The lowest BCUT2D eigenvalue weighted by atomic mass is 9.79. The van der Waals surface area contributed by atoms with E-state index in [1.54, 1.807) is 14.2 Å². The number of carboxylic acid groups (broad SMARTS) is 1. The topological polar surface area (TPSA) is 66.8 Å². The number of ether oxygens (including phenoxy) is 1. The zero-order valence-corrected chi connectivity index (χ0v) is 10.0. The summed E-state index contributed by atoms with van der Waals surface area (Å²) < 4.78 is 5.23. The molecule has 2 atom stereocenters. The van der Waals surface area contributed by atoms with E-state index in [2.05, 4.69) is 0 Å². The lowest BCUT2D eigenvalue weighted by Gasteiger charge is -2.42. The van der Waals surface area contributed by atoms with Crippen molar-refractivity contribution in [3.8, 4) is 0 Å². The van der Waals surface area contributed by atoms with Crippen molar-refractivity contribution in [3.05, 3.63) is 0 Å². The first-order valence-electron chi connectivity index (χ1n) is 5.44. The maximum absolute atomic E-state index is 11.4. The van der Waals surface area contributed by atoms with E-state index in [-0.39, 0.29) is 12.0 Å². The molecule has 92 valence electrons. The first-order valence-corrected chi connectivity index (χ1v) is 5.44. The van der Waals surface area contributed by atoms with Crippen LogP contribution in [0.3, 0.4) is 0 Å². The number of rotatable bonds is 3. The molecule has 0 aromatic carbocycles. The molecule has 5 nitrogen and oxygen atoms in total. The van der Waals surface area contributed by atoms with Crippen LogP contribution in [0.2, 0.25) is 0 Å². The summed E-state index contributed by atoms with van der Waals surface area (Å²) in [5.74, 6) is -1.16. The van der Waals surface area contributed by atoms with Gasteiger partial charge >= 0.3 is 5.97 Å². The Hall–Kier alpha value is -1.10. The van der Waals surface area contributed by atoms with E-state index in [4.69, 9.17) is 4.74 Å². The van der Waals surface area contributed by atoms with E-state index in [1.165, 1.54) is 11.8 Å². The van der Waals surface area contributed by atoms with Gasteiger partial charge in [0.1, 0.15) is 5.54 Å². The number of amides is 1. The van der Waals surface area contributed by atoms with E-state index < -0.39 is 11.5 Å². The normalized spacial score (nSPS) is 29.8. The molecule has 16 heavy (non-hydrogen) atoms. The molecule has 1 amide bonds. The summed E-state index contributed by atoms with van der Waals surface area (Å²) in [6.45, 7) is 1.39. The zero-order valence-electron chi connectivity index (χ0n) is 10.0. The average molecular weight is 229 g/mol. The van der Waals surface area contributed by atoms with Gasteiger partial charge in [-0.1, -0.05) is 0 Å². The standard InChI is InChI=1S/C11H19NO4/c1-8(13)12(2)11(10(14)15)6-4-5-9(7-11)16-3/h9H,4-7H2,1-3H3,(H,14,15). The second-order valence-corrected chi connectivity index (χ2v) is 4.37. The summed E-state index contributed by atoms with van der Waals surface area (Å²) in [5.41, 5.74) is -1.09. The monoisotopic (exact) mass is 229 g/mol. The SMILES string of the molecule is COC1CCCC(C(=O)O)(N(C)C(C)=O)C1. The fraction of sp³-hybridized carbons (Fsp3) is 0.818. The second kappa shape index (κ2) is 4.82. The lowest BCUT2D eigenvalue weighted by molar-refractivity contribution is -0.162. The van der Waals surface area contributed by atoms with Crippen LogP contribution in [0.1, 0.15) is 32.6 Å². The van der Waals surface area contributed by atoms with Crippen LogP contribution in [0.15, 0.2) is 0 Å². The molecule has 0 radical (unpaired) electrons. The smallest absolute Gasteiger partial charge is 0.329 e. The summed E-state index contributed by atoms with van der Waals surface area (Å²) in [4.78, 5) is 24.1. The molecule has 0 bridgehead atoms. The van der Waals surface area contributed by atoms with E-state index >= 15 is 0 Å². The minimum absolute atomic E-state index is 0.0772. The predicted octanol–water partition coefficient (Wildman–Crippen LogP) is 0.877. The number of hydrogen-bond donors (Lipinski definition) is 1. The second-order valence-electron chi connectivity index (χ2n) is 4.37. The molecule has 0 aromatic heterocycles. The molecule has 1 aliphatic rings. The van der Waals surface area contributed by atoms with Crippen LogP contribution < -0.4 is 0 Å². The highest BCUT2D eigenvalue weighted by Crippen LogP contribution is 2.34. The predicted molar refractivity (Wildman–Crippen MR) is 58.1 cm³/mol. The van der Waals surface area contributed by atoms with Gasteiger partial charge < -0.3 is 14.7 Å². The number of likely N-dealkylation sites (N-methyl/N-ethyl adjacent to an activating group) is 1. The van der Waals surface area contributed by atoms with Crippen molar-refractivity contribution in [2.75, 3.05) is 14.2 Å². The molecule has 0 aromatic rings. The van der Waals surface area contributed by atoms with Gasteiger partial charge in [-0.2, -0.15) is 0 Å². The molecule has 1 fully saturated rings. The first kappa shape index (κ1) is 13.0. The molecule has 1 saturated carbocycles. The Morgan fingerprint density at radius 2 is 2.12 bits per heavy atom. The van der Waals surface area contributed by atoms with E-state index in [0.717, 1.165) is 12.8 Å². The third-order valence-corrected chi connectivity index (χ3v) is 3.53. The van der Waals surface area contributed by atoms with Crippen LogP contribution >= 0.6 is 0 Å². The molecular formula is C11H19NO4. The highest BCUT2D eigenvalue weighted by molar-refractivity contribution is 5.86. The van der Waals surface area contributed by atoms with E-state index in [1.807, 2.05) is 0 Å². The molecular weight excluding hydrogens is 210 g/mol. The summed E-state index contributed by atoms with van der Waals surface area (Å²) in [7, 11) is 3.13. The molecule has 0 saturated heterocycles. The van der Waals surface area contributed by atoms with Crippen LogP contribution in [0, 0.1) is 0 Å². The van der Waals surface area contributed by atoms with Crippen LogP contribution in [-0.2, 0) is 14.3 Å². The Morgan fingerprint density at radius 1 is 1.50 bits per heavy atom. The Kier molecular flexibility index (Phi) is 3.91. The summed E-state index contributed by atoms with van der Waals surface area (Å²) >= 11 is 0. The minimum Gasteiger partial charge on any atom is -0.479 e. The molecule has 5 heteroatoms. The zero-order chi connectivity index (χ0) is 12.3. The summed E-state index contributed by atoms with van der Waals surface area (Å²) in [6.07, 6.45) is 2.42. The molecule has 2 unspecified atom stereocenters. The number of nitrogens with zero attached hydrogens (tertiary/aromatic N) is 1. The fourth-order valence-corrected chi connectivity index (χ4v) is 2.35. The maximum Gasteiger partial charge on any atom is 0.329 e. The largest absolute Gasteiger partial charge is 0.479 e. The van der Waals surface area contributed by atoms with E-state index in [0.29, 0.717) is 12.8 Å². The minimum atomic E-state index is -1.09. The van der Waals surface area contributed by atoms with Crippen LogP contribution in [0.25, 0.3) is 0 Å². The van der Waals surface area contributed by atoms with Crippen molar-refractivity contribution in [2.24, 2.45) is 0 Å². The van der Waals surface area contributed by atoms with Gasteiger partial charge in [0.05, 0.1) is 6.10 Å². The van der Waals surface area contributed by atoms with Crippen LogP contribution in [0.5, 0.6) is 0 Å². The van der Waals surface area contributed by atoms with Gasteiger partial charge in [0, 0.05) is 27.5 Å². The van der Waals surface area contributed by atoms with Crippen molar-refractivity contribution in [3.63, 3.8) is 0 Å². The van der Waals surface area contributed by atoms with E-state index in [9.17, 15) is 14.7 Å². The Morgan fingerprint density at radius 3 is 2.56 bits per heavy atom. The molecule has 1 N–H and O–H groups in total. The number of carbonyl (C=O) groups excluding carboxylic acids is 1. The van der Waals surface area contributed by atoms with Gasteiger partial charge in [0.15, 0.2) is 0 Å². The molecule has 0 heterocycles. The fourth-order valence-electron chi connectivity index (χ4n) is 2.35. The highest BCUT2D eigenvalue weighted by Gasteiger charge is 2.47. The van der Waals surface area contributed by atoms with Crippen molar-refractivity contribution in [1.82, 2.24) is 4.90 Å². The van der Waals surface area contributed by atoms with Crippen LogP contribution in [-0.4, -0.2) is 47.7 Å². The van der Waals surface area contributed by atoms with Gasteiger partial charge in [-0.3, -0.25) is 4.79 Å². The number of carboxylic acids is 1. The van der Waals surface area contributed by atoms with Gasteiger partial charge in [0.2, 0.25) is 5.91 Å². The Bertz CT molecular complexity index is 292. The third-order valence-electron chi connectivity index (χ3n) is 3.53. The Balaban J connectivity index is 2.96. The lowest BCUT2D eigenvalue weighted by Crippen LogP contribution is -2.58. The number of methoxy groups -OCH3 is 1. The highest BCUT2D eigenvalue weighted by atomic mass is 16.5. The van der Waals surface area contributed by atoms with Crippen molar-refractivity contribution in [2.45, 2.75) is 44.2 Å². The quantitative estimate of drug-likeness (QED) is 0.780. The third kappa shape index (κ3) is 2.19. The van der Waals surface area contributed by atoms with Crippen molar-refractivity contribution >= 4 is 11.9 Å². The van der Waals surface area contributed by atoms with Gasteiger partial charge in [-0.05, 0) is 19.3 Å². The maximum atomic E-state index is 11.4. The Labute approximate surface area is 95.4 Å². The van der Waals surface area contributed by atoms with Gasteiger partial charge in [-0.15, -0.1) is 0 Å². The summed E-state index contributed by atoms with van der Waals surface area (Å²) in [6, 6.07) is 0. The van der Waals surface area contributed by atoms with Crippen molar-refractivity contribution < 1.29 is 19.4 Å². The first-order chi connectivity index (χ1) is 7.44. The van der Waals surface area contributed by atoms with Gasteiger partial charge in [0.25, 0.3) is 0 Å². The van der Waals surface area contributed by atoms with Gasteiger partial charge in [-0.25, -0.2) is 4.79 Å².